The molecule has 7 aromatic carbocycles. The van der Waals surface area contributed by atoms with Crippen LogP contribution in [0.2, 0.25) is 0 Å². The number of hydrogen-bond acceptors (Lipinski definition) is 3. The predicted octanol–water partition coefficient (Wildman–Crippen LogP) is 12.6. The number of rotatable bonds is 3. The second-order valence-corrected chi connectivity index (χ2v) is 15.5. The highest BCUT2D eigenvalue weighted by atomic mass is 15.0. The van der Waals surface area contributed by atoms with Crippen molar-refractivity contribution in [2.24, 2.45) is 5.92 Å². The molecule has 2 bridgehead atoms. The molecule has 1 unspecified atom stereocenters. The molecule has 1 atom stereocenters. The van der Waals surface area contributed by atoms with Gasteiger partial charge in [-0.3, -0.25) is 0 Å². The summed E-state index contributed by atoms with van der Waals surface area (Å²) in [6, 6.07) is 57.2. The molecule has 1 heterocycles. The van der Waals surface area contributed by atoms with E-state index in [1.165, 1.54) is 60.9 Å². The Morgan fingerprint density at radius 3 is 1.54 bits per heavy atom. The SMILES string of the molecule is C1=CC2CC(=C1)C1=C(/C=C(/c3nc(-c4ccc5ccccc5c4)nc(-c4ccc5ccccc5c4)n3)C2)C2(c3ccccc31)c1ccccc1-c1ccccc12. The standard InChI is InChI=1S/C53H35N3/c1-3-15-36-30-39(26-24-34(36)13-1)50-54-51(40-27-25-35-14-2-4-16-37(35)31-40)56-52(55-50)41-29-33-12-11-17-38(28-33)49-44-20-7-10-23-47(44)53(48(49)32-41)45-21-8-5-18-42(45)43-19-6-9-22-46(43)53/h1-27,30-33H,28-29H2/b41-32+. The molecule has 0 N–H and O–H groups in total. The minimum atomic E-state index is -0.478. The largest absolute Gasteiger partial charge is 0.209 e. The summed E-state index contributed by atoms with van der Waals surface area (Å²) in [4.78, 5) is 16.1. The van der Waals surface area contributed by atoms with Crippen LogP contribution in [-0.4, -0.2) is 15.0 Å². The average Bonchev–Trinajstić information content (AvgIpc) is 3.72. The fourth-order valence-corrected chi connectivity index (χ4v) is 10.0. The first kappa shape index (κ1) is 31.4. The van der Waals surface area contributed by atoms with E-state index in [0.717, 1.165) is 46.1 Å². The molecule has 12 rings (SSSR count). The molecule has 4 aliphatic carbocycles. The summed E-state index contributed by atoms with van der Waals surface area (Å²) in [6.07, 6.45) is 11.3. The Bertz CT molecular complexity index is 2960. The summed E-state index contributed by atoms with van der Waals surface area (Å²) in [5.74, 6) is 2.41. The van der Waals surface area contributed by atoms with Gasteiger partial charge in [-0.1, -0.05) is 164 Å². The Kier molecular flexibility index (Phi) is 6.73. The molecular weight excluding hydrogens is 679 g/mol. The number of allylic oxidation sites excluding steroid dienone is 8. The molecule has 0 fully saturated rings. The number of nitrogens with zero attached hydrogens (tertiary/aromatic N) is 3. The van der Waals surface area contributed by atoms with E-state index in [1.807, 2.05) is 0 Å². The van der Waals surface area contributed by atoms with Gasteiger partial charge in [0.1, 0.15) is 0 Å². The summed E-state index contributed by atoms with van der Waals surface area (Å²) < 4.78 is 0. The van der Waals surface area contributed by atoms with E-state index in [0.29, 0.717) is 17.6 Å². The second kappa shape index (κ2) is 12.0. The van der Waals surface area contributed by atoms with Crippen LogP contribution in [0.25, 0.3) is 66.6 Å². The Balaban J connectivity index is 1.15. The van der Waals surface area contributed by atoms with Gasteiger partial charge in [0.15, 0.2) is 17.5 Å². The van der Waals surface area contributed by atoms with Gasteiger partial charge in [0.05, 0.1) is 5.41 Å². The van der Waals surface area contributed by atoms with Crippen LogP contribution < -0.4 is 0 Å². The third-order valence-electron chi connectivity index (χ3n) is 12.4. The molecule has 1 aromatic heterocycles. The topological polar surface area (TPSA) is 38.7 Å². The third kappa shape index (κ3) is 4.55. The molecule has 262 valence electrons. The molecule has 0 saturated heterocycles. The maximum Gasteiger partial charge on any atom is 0.164 e. The van der Waals surface area contributed by atoms with Crippen LogP contribution in [0.5, 0.6) is 0 Å². The van der Waals surface area contributed by atoms with Crippen LogP contribution in [0.15, 0.2) is 193 Å². The van der Waals surface area contributed by atoms with Crippen LogP contribution in [0.4, 0.5) is 0 Å². The van der Waals surface area contributed by atoms with Gasteiger partial charge in [-0.15, -0.1) is 0 Å². The summed E-state index contributed by atoms with van der Waals surface area (Å²) in [7, 11) is 0. The van der Waals surface area contributed by atoms with Crippen LogP contribution >= 0.6 is 0 Å². The molecule has 3 nitrogen and oxygen atoms in total. The lowest BCUT2D eigenvalue weighted by molar-refractivity contribution is 0.658. The van der Waals surface area contributed by atoms with Crippen molar-refractivity contribution in [1.82, 2.24) is 15.0 Å². The van der Waals surface area contributed by atoms with E-state index < -0.39 is 5.41 Å². The highest BCUT2D eigenvalue weighted by molar-refractivity contribution is 6.01. The number of hydrogen-bond donors (Lipinski definition) is 0. The first-order valence-corrected chi connectivity index (χ1v) is 19.6. The Hall–Kier alpha value is -6.97. The maximum absolute atomic E-state index is 5.42. The van der Waals surface area contributed by atoms with E-state index in [2.05, 4.69) is 182 Å². The van der Waals surface area contributed by atoms with Crippen molar-refractivity contribution in [2.45, 2.75) is 18.3 Å². The third-order valence-corrected chi connectivity index (χ3v) is 12.4. The lowest BCUT2D eigenvalue weighted by Gasteiger charge is -2.33. The van der Waals surface area contributed by atoms with E-state index >= 15 is 0 Å². The summed E-state index contributed by atoms with van der Waals surface area (Å²) in [6.45, 7) is 0. The fraction of sp³-hybridized carbons (Fsp3) is 0.0755. The van der Waals surface area contributed by atoms with Crippen molar-refractivity contribution in [3.63, 3.8) is 0 Å². The number of fused-ring (bicyclic) bond motifs is 14. The minimum Gasteiger partial charge on any atom is -0.209 e. The van der Waals surface area contributed by atoms with Crippen molar-refractivity contribution < 1.29 is 0 Å². The van der Waals surface area contributed by atoms with E-state index in [9.17, 15) is 0 Å². The molecule has 1 spiro atoms. The van der Waals surface area contributed by atoms with Gasteiger partial charge in [-0.2, -0.15) is 0 Å². The van der Waals surface area contributed by atoms with E-state index in [-0.39, 0.29) is 0 Å². The molecule has 4 aliphatic rings. The van der Waals surface area contributed by atoms with Gasteiger partial charge in [-0.05, 0) is 114 Å². The van der Waals surface area contributed by atoms with Crippen molar-refractivity contribution >= 4 is 32.7 Å². The molecular formula is C53H35N3. The molecule has 8 aromatic rings. The first-order valence-electron chi connectivity index (χ1n) is 19.6. The zero-order chi connectivity index (χ0) is 36.8. The van der Waals surface area contributed by atoms with Crippen LogP contribution in [0, 0.1) is 5.92 Å². The Morgan fingerprint density at radius 1 is 0.446 bits per heavy atom. The van der Waals surface area contributed by atoms with Crippen molar-refractivity contribution in [1.29, 1.82) is 0 Å². The average molecular weight is 714 g/mol. The Labute approximate surface area is 325 Å². The van der Waals surface area contributed by atoms with E-state index in [1.54, 1.807) is 0 Å². The van der Waals surface area contributed by atoms with Gasteiger partial charge in [0.25, 0.3) is 0 Å². The summed E-state index contributed by atoms with van der Waals surface area (Å²) >= 11 is 0. The monoisotopic (exact) mass is 713 g/mol. The highest BCUT2D eigenvalue weighted by Crippen LogP contribution is 2.64. The van der Waals surface area contributed by atoms with Crippen molar-refractivity contribution in [2.75, 3.05) is 0 Å². The number of benzene rings is 7. The van der Waals surface area contributed by atoms with Gasteiger partial charge >= 0.3 is 0 Å². The van der Waals surface area contributed by atoms with Crippen molar-refractivity contribution in [3.05, 3.63) is 221 Å². The molecule has 0 aliphatic heterocycles. The highest BCUT2D eigenvalue weighted by Gasteiger charge is 2.53. The van der Waals surface area contributed by atoms with Gasteiger partial charge in [-0.25, -0.2) is 15.0 Å². The molecule has 0 radical (unpaired) electrons. The van der Waals surface area contributed by atoms with Gasteiger partial charge in [0.2, 0.25) is 0 Å². The maximum atomic E-state index is 5.42. The molecule has 0 saturated carbocycles. The van der Waals surface area contributed by atoms with Gasteiger partial charge in [0, 0.05) is 11.1 Å². The van der Waals surface area contributed by atoms with Crippen LogP contribution in [-0.2, 0) is 5.41 Å². The van der Waals surface area contributed by atoms with Crippen LogP contribution in [0.3, 0.4) is 0 Å². The Morgan fingerprint density at radius 2 is 0.929 bits per heavy atom. The van der Waals surface area contributed by atoms with Crippen molar-refractivity contribution in [3.8, 4) is 33.9 Å². The lowest BCUT2D eigenvalue weighted by atomic mass is 9.68. The molecule has 0 amide bonds. The number of aromatic nitrogens is 3. The normalized spacial score (nSPS) is 18.1. The zero-order valence-corrected chi connectivity index (χ0v) is 30.7. The molecule has 3 heteroatoms. The lowest BCUT2D eigenvalue weighted by Crippen LogP contribution is -2.27. The fourth-order valence-electron chi connectivity index (χ4n) is 10.0. The van der Waals surface area contributed by atoms with E-state index in [4.69, 9.17) is 15.0 Å². The quantitative estimate of drug-likeness (QED) is 0.183. The predicted molar refractivity (Wildman–Crippen MR) is 229 cm³/mol. The zero-order valence-electron chi connectivity index (χ0n) is 30.7. The smallest absolute Gasteiger partial charge is 0.164 e. The van der Waals surface area contributed by atoms with Gasteiger partial charge < -0.3 is 0 Å². The molecule has 56 heavy (non-hydrogen) atoms. The summed E-state index contributed by atoms with van der Waals surface area (Å²) in [5.41, 5.74) is 14.6. The summed E-state index contributed by atoms with van der Waals surface area (Å²) in [5, 5.41) is 4.71. The van der Waals surface area contributed by atoms with Crippen LogP contribution in [0.1, 0.15) is 40.9 Å². The minimum absolute atomic E-state index is 0.312. The second-order valence-electron chi connectivity index (χ2n) is 15.5. The first-order chi connectivity index (χ1) is 27.7.